The predicted molar refractivity (Wildman–Crippen MR) is 96.9 cm³/mol. The molecule has 2 atom stereocenters. The average Bonchev–Trinajstić information content (AvgIpc) is 2.49. The van der Waals surface area contributed by atoms with Crippen molar-refractivity contribution in [3.05, 3.63) is 0 Å². The first kappa shape index (κ1) is 21.8. The molecular formula is C16H35N3O4S. The summed E-state index contributed by atoms with van der Waals surface area (Å²) in [5, 5.41) is 0. The zero-order valence-corrected chi connectivity index (χ0v) is 16.7. The number of hydrogen-bond acceptors (Lipinski definition) is 6. The highest BCUT2D eigenvalue weighted by Crippen LogP contribution is 2.19. The summed E-state index contributed by atoms with van der Waals surface area (Å²) in [6.45, 7) is 8.55. The highest BCUT2D eigenvalue weighted by molar-refractivity contribution is 7.89. The molecule has 0 aliphatic carbocycles. The average molecular weight is 366 g/mol. The molecule has 0 N–H and O–H groups in total. The molecule has 1 heterocycles. The van der Waals surface area contributed by atoms with E-state index in [0.29, 0.717) is 26.3 Å². The van der Waals surface area contributed by atoms with Crippen molar-refractivity contribution in [3.8, 4) is 0 Å². The molecule has 7 nitrogen and oxygen atoms in total. The van der Waals surface area contributed by atoms with Crippen LogP contribution in [0.4, 0.5) is 0 Å². The first-order valence-corrected chi connectivity index (χ1v) is 10.3. The largest absolute Gasteiger partial charge is 0.382 e. The molecule has 1 rings (SSSR count). The van der Waals surface area contributed by atoms with Gasteiger partial charge in [0.25, 0.3) is 0 Å². The first-order chi connectivity index (χ1) is 11.3. The Labute approximate surface area is 147 Å². The third kappa shape index (κ3) is 7.33. The summed E-state index contributed by atoms with van der Waals surface area (Å²) < 4.78 is 36.8. The molecule has 1 saturated heterocycles. The van der Waals surface area contributed by atoms with Crippen LogP contribution in [0, 0.1) is 0 Å². The molecule has 0 saturated carbocycles. The van der Waals surface area contributed by atoms with Crippen molar-refractivity contribution in [2.45, 2.75) is 32.4 Å². The van der Waals surface area contributed by atoms with Crippen molar-refractivity contribution in [3.63, 3.8) is 0 Å². The topological polar surface area (TPSA) is 62.3 Å². The smallest absolute Gasteiger partial charge is 0.216 e. The summed E-state index contributed by atoms with van der Waals surface area (Å²) in [6, 6.07) is 0.472. The Hall–Kier alpha value is -0.250. The Morgan fingerprint density at radius 1 is 1.08 bits per heavy atom. The van der Waals surface area contributed by atoms with Crippen LogP contribution >= 0.6 is 0 Å². The number of rotatable bonds is 11. The Bertz CT molecular complexity index is 433. The SMILES string of the molecule is COCCOCCS(=O)(=O)N1CC(C)N(CCCN(C)C)C(C)C1. The van der Waals surface area contributed by atoms with Gasteiger partial charge in [-0.05, 0) is 40.9 Å². The van der Waals surface area contributed by atoms with E-state index in [9.17, 15) is 8.42 Å². The molecule has 8 heteroatoms. The van der Waals surface area contributed by atoms with Crippen LogP contribution in [0.2, 0.25) is 0 Å². The van der Waals surface area contributed by atoms with Gasteiger partial charge in [0.15, 0.2) is 0 Å². The van der Waals surface area contributed by atoms with Gasteiger partial charge in [-0.2, -0.15) is 4.31 Å². The van der Waals surface area contributed by atoms with E-state index in [2.05, 4.69) is 37.7 Å². The molecule has 2 unspecified atom stereocenters. The summed E-state index contributed by atoms with van der Waals surface area (Å²) in [7, 11) is 2.49. The van der Waals surface area contributed by atoms with Gasteiger partial charge in [-0.15, -0.1) is 0 Å². The first-order valence-electron chi connectivity index (χ1n) is 8.73. The van der Waals surface area contributed by atoms with Crippen molar-refractivity contribution in [1.29, 1.82) is 0 Å². The van der Waals surface area contributed by atoms with E-state index in [0.717, 1.165) is 19.5 Å². The van der Waals surface area contributed by atoms with Crippen LogP contribution in [-0.2, 0) is 19.5 Å². The molecule has 1 aliphatic heterocycles. The van der Waals surface area contributed by atoms with Gasteiger partial charge in [-0.1, -0.05) is 0 Å². The lowest BCUT2D eigenvalue weighted by Gasteiger charge is -2.44. The molecule has 0 bridgehead atoms. The number of methoxy groups -OCH3 is 1. The normalized spacial score (nSPS) is 23.9. The van der Waals surface area contributed by atoms with Gasteiger partial charge in [-0.25, -0.2) is 8.42 Å². The van der Waals surface area contributed by atoms with E-state index in [4.69, 9.17) is 9.47 Å². The van der Waals surface area contributed by atoms with E-state index >= 15 is 0 Å². The second-order valence-electron chi connectivity index (χ2n) is 6.83. The molecule has 0 amide bonds. The zero-order chi connectivity index (χ0) is 18.2. The minimum Gasteiger partial charge on any atom is -0.382 e. The minimum atomic E-state index is -3.26. The van der Waals surface area contributed by atoms with E-state index in [1.807, 2.05) is 0 Å². The predicted octanol–water partition coefficient (Wildman–Crippen LogP) is 0.326. The second-order valence-corrected chi connectivity index (χ2v) is 8.92. The fourth-order valence-electron chi connectivity index (χ4n) is 3.08. The van der Waals surface area contributed by atoms with E-state index in [1.165, 1.54) is 0 Å². The van der Waals surface area contributed by atoms with Crippen molar-refractivity contribution in [2.75, 3.05) is 73.0 Å². The molecule has 0 aromatic rings. The monoisotopic (exact) mass is 365 g/mol. The zero-order valence-electron chi connectivity index (χ0n) is 15.9. The van der Waals surface area contributed by atoms with Gasteiger partial charge in [0, 0.05) is 38.8 Å². The fourth-order valence-corrected chi connectivity index (χ4v) is 4.56. The van der Waals surface area contributed by atoms with E-state index < -0.39 is 10.0 Å². The van der Waals surface area contributed by atoms with Crippen molar-refractivity contribution >= 4 is 10.0 Å². The summed E-state index contributed by atoms with van der Waals surface area (Å²) >= 11 is 0. The minimum absolute atomic E-state index is 0.0385. The summed E-state index contributed by atoms with van der Waals surface area (Å²) in [6.07, 6.45) is 1.10. The van der Waals surface area contributed by atoms with Crippen molar-refractivity contribution in [1.82, 2.24) is 14.1 Å². The molecule has 144 valence electrons. The third-order valence-electron chi connectivity index (χ3n) is 4.40. The van der Waals surface area contributed by atoms with Gasteiger partial charge >= 0.3 is 0 Å². The quantitative estimate of drug-likeness (QED) is 0.492. The maximum atomic E-state index is 12.5. The summed E-state index contributed by atoms with van der Waals surface area (Å²) in [5.74, 6) is 0.0385. The fraction of sp³-hybridized carbons (Fsp3) is 1.00. The van der Waals surface area contributed by atoms with Crippen LogP contribution in [0.25, 0.3) is 0 Å². The molecular weight excluding hydrogens is 330 g/mol. The molecule has 0 aromatic heterocycles. The lowest BCUT2D eigenvalue weighted by atomic mass is 10.1. The van der Waals surface area contributed by atoms with E-state index in [1.54, 1.807) is 11.4 Å². The van der Waals surface area contributed by atoms with Crippen LogP contribution in [0.1, 0.15) is 20.3 Å². The van der Waals surface area contributed by atoms with Crippen LogP contribution in [-0.4, -0.2) is 108 Å². The van der Waals surface area contributed by atoms with Crippen molar-refractivity contribution in [2.24, 2.45) is 0 Å². The standard InChI is InChI=1S/C16H35N3O4S/c1-15-13-18(24(20,21)12-11-23-10-9-22-5)14-16(2)19(15)8-6-7-17(3)4/h15-16H,6-14H2,1-5H3. The number of hydrogen-bond donors (Lipinski definition) is 0. The summed E-state index contributed by atoms with van der Waals surface area (Å²) in [4.78, 5) is 4.60. The second kappa shape index (κ2) is 10.7. The summed E-state index contributed by atoms with van der Waals surface area (Å²) in [5.41, 5.74) is 0. The van der Waals surface area contributed by atoms with Gasteiger partial charge in [-0.3, -0.25) is 4.90 Å². The van der Waals surface area contributed by atoms with Gasteiger partial charge in [0.05, 0.1) is 25.6 Å². The Morgan fingerprint density at radius 3 is 2.25 bits per heavy atom. The third-order valence-corrected chi connectivity index (χ3v) is 6.17. The highest BCUT2D eigenvalue weighted by atomic mass is 32.2. The molecule has 1 fully saturated rings. The maximum Gasteiger partial charge on any atom is 0.216 e. The molecule has 0 radical (unpaired) electrons. The molecule has 0 aromatic carbocycles. The maximum absolute atomic E-state index is 12.5. The lowest BCUT2D eigenvalue weighted by molar-refractivity contribution is 0.0698. The van der Waals surface area contributed by atoms with Gasteiger partial charge in [0.1, 0.15) is 0 Å². The number of piperazine rings is 1. The Kier molecular flexibility index (Phi) is 9.69. The van der Waals surface area contributed by atoms with Crippen molar-refractivity contribution < 1.29 is 17.9 Å². The van der Waals surface area contributed by atoms with Crippen LogP contribution in [0.5, 0.6) is 0 Å². The number of sulfonamides is 1. The molecule has 1 aliphatic rings. The van der Waals surface area contributed by atoms with Crippen LogP contribution in [0.3, 0.4) is 0 Å². The van der Waals surface area contributed by atoms with Gasteiger partial charge < -0.3 is 14.4 Å². The Morgan fingerprint density at radius 2 is 1.71 bits per heavy atom. The number of ether oxygens (including phenoxy) is 2. The number of nitrogens with zero attached hydrogens (tertiary/aromatic N) is 3. The lowest BCUT2D eigenvalue weighted by Crippen LogP contribution is -2.58. The molecule has 0 spiro atoms. The highest BCUT2D eigenvalue weighted by Gasteiger charge is 2.34. The van der Waals surface area contributed by atoms with Crippen LogP contribution in [0.15, 0.2) is 0 Å². The molecule has 24 heavy (non-hydrogen) atoms. The Balaban J connectivity index is 2.46. The van der Waals surface area contributed by atoms with Crippen LogP contribution < -0.4 is 0 Å². The van der Waals surface area contributed by atoms with Gasteiger partial charge in [0.2, 0.25) is 10.0 Å². The van der Waals surface area contributed by atoms with E-state index in [-0.39, 0.29) is 24.4 Å².